The van der Waals surface area contributed by atoms with Crippen LogP contribution in [0.1, 0.15) is 37.7 Å². The average molecular weight is 301 g/mol. The van der Waals surface area contributed by atoms with E-state index in [2.05, 4.69) is 0 Å². The van der Waals surface area contributed by atoms with Crippen LogP contribution in [0.3, 0.4) is 0 Å². The third kappa shape index (κ3) is 2.88. The second kappa shape index (κ2) is 6.05. The summed E-state index contributed by atoms with van der Waals surface area (Å²) in [6.45, 7) is 5.08. The summed E-state index contributed by atoms with van der Waals surface area (Å²) >= 11 is 0. The Bertz CT molecular complexity index is 743. The molecule has 2 rings (SSSR count). The number of hydrogen-bond acceptors (Lipinski definition) is 4. The van der Waals surface area contributed by atoms with E-state index in [9.17, 15) is 14.7 Å². The van der Waals surface area contributed by atoms with Crippen molar-refractivity contribution in [2.75, 3.05) is 6.61 Å². The van der Waals surface area contributed by atoms with Crippen LogP contribution in [-0.2, 0) is 11.8 Å². The fourth-order valence-corrected chi connectivity index (χ4v) is 2.25. The number of carbonyl (C=O) groups excluding carboxylic acids is 2. The summed E-state index contributed by atoms with van der Waals surface area (Å²) in [5.74, 6) is -1.09. The molecule has 1 heterocycles. The van der Waals surface area contributed by atoms with E-state index in [0.717, 1.165) is 11.4 Å². The number of aryl methyl sites for hydroxylation is 2. The van der Waals surface area contributed by atoms with Gasteiger partial charge in [0.15, 0.2) is 6.61 Å². The predicted molar refractivity (Wildman–Crippen MR) is 82.3 cm³/mol. The normalized spacial score (nSPS) is 10.5. The molecular formula is C17H19NO4. The highest BCUT2D eigenvalue weighted by Crippen LogP contribution is 2.22. The summed E-state index contributed by atoms with van der Waals surface area (Å²) in [6.07, 6.45) is 0. The molecule has 116 valence electrons. The van der Waals surface area contributed by atoms with Gasteiger partial charge in [-0.15, -0.1) is 0 Å². The summed E-state index contributed by atoms with van der Waals surface area (Å²) in [6, 6.07) is 6.58. The molecule has 0 radical (unpaired) electrons. The van der Waals surface area contributed by atoms with Crippen LogP contribution in [0, 0.1) is 20.8 Å². The van der Waals surface area contributed by atoms with Gasteiger partial charge in [-0.3, -0.25) is 4.79 Å². The lowest BCUT2D eigenvalue weighted by atomic mass is 10.1. The molecule has 0 saturated heterocycles. The topological polar surface area (TPSA) is 68.5 Å². The molecule has 0 spiro atoms. The van der Waals surface area contributed by atoms with Crippen LogP contribution < -0.4 is 0 Å². The van der Waals surface area contributed by atoms with Gasteiger partial charge in [0, 0.05) is 24.0 Å². The van der Waals surface area contributed by atoms with Gasteiger partial charge >= 0.3 is 5.97 Å². The Kier molecular flexibility index (Phi) is 4.35. The number of ether oxygens (including phenoxy) is 1. The van der Waals surface area contributed by atoms with Gasteiger partial charge in [0.25, 0.3) is 0 Å². The molecule has 2 aromatic rings. The molecule has 0 amide bonds. The van der Waals surface area contributed by atoms with Gasteiger partial charge in [0.2, 0.25) is 5.78 Å². The van der Waals surface area contributed by atoms with Crippen LogP contribution in [0.5, 0.6) is 5.75 Å². The number of ketones is 1. The molecule has 0 aliphatic rings. The molecule has 0 bridgehead atoms. The third-order valence-corrected chi connectivity index (χ3v) is 3.87. The van der Waals surface area contributed by atoms with Gasteiger partial charge in [-0.05, 0) is 38.5 Å². The Morgan fingerprint density at radius 2 is 1.86 bits per heavy atom. The maximum Gasteiger partial charge on any atom is 0.342 e. The number of Topliss-reactive ketones (excluding diaryl/α,β-unsaturated/α-hetero) is 1. The molecule has 1 aromatic heterocycles. The average Bonchev–Trinajstić information content (AvgIpc) is 2.75. The fourth-order valence-electron chi connectivity index (χ4n) is 2.25. The Hall–Kier alpha value is -2.56. The van der Waals surface area contributed by atoms with Crippen LogP contribution in [0.4, 0.5) is 0 Å². The highest BCUT2D eigenvalue weighted by atomic mass is 16.5. The van der Waals surface area contributed by atoms with Crippen LogP contribution in [0.15, 0.2) is 24.3 Å². The summed E-state index contributed by atoms with van der Waals surface area (Å²) in [5.41, 5.74) is 2.98. The smallest absolute Gasteiger partial charge is 0.342 e. The molecule has 5 nitrogen and oxygen atoms in total. The minimum absolute atomic E-state index is 0.0637. The molecule has 0 saturated carbocycles. The van der Waals surface area contributed by atoms with Crippen molar-refractivity contribution in [2.45, 2.75) is 20.8 Å². The van der Waals surface area contributed by atoms with Crippen LogP contribution in [-0.4, -0.2) is 28.0 Å². The number of para-hydroxylation sites is 1. The van der Waals surface area contributed by atoms with E-state index in [1.165, 1.54) is 6.07 Å². The molecule has 1 N–H and O–H groups in total. The maximum absolute atomic E-state index is 12.2. The summed E-state index contributed by atoms with van der Waals surface area (Å²) in [4.78, 5) is 24.1. The number of esters is 1. The number of carbonyl (C=O) groups is 2. The Morgan fingerprint density at radius 1 is 1.18 bits per heavy atom. The summed E-state index contributed by atoms with van der Waals surface area (Å²) in [5, 5.41) is 9.84. The molecule has 0 fully saturated rings. The molecule has 5 heteroatoms. The Balaban J connectivity index is 2.09. The van der Waals surface area contributed by atoms with E-state index >= 15 is 0 Å². The van der Waals surface area contributed by atoms with Crippen molar-refractivity contribution >= 4 is 11.8 Å². The van der Waals surface area contributed by atoms with Crippen LogP contribution in [0.2, 0.25) is 0 Å². The number of phenolic OH excluding ortho intramolecular Hbond substituents is 1. The SMILES string of the molecule is Cc1cccc(C(=O)OCC(=O)c2cc(C)n(C)c2C)c1O. The first kappa shape index (κ1) is 15.8. The van der Waals surface area contributed by atoms with Crippen molar-refractivity contribution in [3.8, 4) is 5.75 Å². The van der Waals surface area contributed by atoms with E-state index in [0.29, 0.717) is 11.1 Å². The number of nitrogens with zero attached hydrogens (tertiary/aromatic N) is 1. The predicted octanol–water partition coefficient (Wildman–Crippen LogP) is 2.70. The molecule has 0 aliphatic carbocycles. The van der Waals surface area contributed by atoms with Gasteiger partial charge in [-0.2, -0.15) is 0 Å². The van der Waals surface area contributed by atoms with Gasteiger partial charge in [0.05, 0.1) is 0 Å². The fraction of sp³-hybridized carbons (Fsp3) is 0.294. The quantitative estimate of drug-likeness (QED) is 0.696. The number of phenols is 1. The highest BCUT2D eigenvalue weighted by Gasteiger charge is 2.18. The van der Waals surface area contributed by atoms with Crippen molar-refractivity contribution in [3.05, 3.63) is 52.3 Å². The van der Waals surface area contributed by atoms with Crippen molar-refractivity contribution in [2.24, 2.45) is 7.05 Å². The van der Waals surface area contributed by atoms with Crippen molar-refractivity contribution < 1.29 is 19.4 Å². The van der Waals surface area contributed by atoms with Crippen molar-refractivity contribution in [1.29, 1.82) is 0 Å². The molecular weight excluding hydrogens is 282 g/mol. The standard InChI is InChI=1S/C17H19NO4/c1-10-6-5-7-13(16(10)20)17(21)22-9-15(19)14-8-11(2)18(4)12(14)3/h5-8,20H,9H2,1-4H3. The first-order valence-corrected chi connectivity index (χ1v) is 6.94. The largest absolute Gasteiger partial charge is 0.507 e. The zero-order valence-corrected chi connectivity index (χ0v) is 13.1. The number of benzene rings is 1. The lowest BCUT2D eigenvalue weighted by Gasteiger charge is -2.07. The molecule has 22 heavy (non-hydrogen) atoms. The van der Waals surface area contributed by atoms with E-state index in [4.69, 9.17) is 4.74 Å². The second-order valence-corrected chi connectivity index (χ2v) is 5.31. The van der Waals surface area contributed by atoms with Gasteiger partial charge < -0.3 is 14.4 Å². The van der Waals surface area contributed by atoms with Gasteiger partial charge in [-0.1, -0.05) is 12.1 Å². The zero-order chi connectivity index (χ0) is 16.4. The molecule has 1 aromatic carbocycles. The summed E-state index contributed by atoms with van der Waals surface area (Å²) < 4.78 is 6.93. The Labute approximate surface area is 129 Å². The van der Waals surface area contributed by atoms with Crippen molar-refractivity contribution in [3.63, 3.8) is 0 Å². The van der Waals surface area contributed by atoms with E-state index < -0.39 is 5.97 Å². The second-order valence-electron chi connectivity index (χ2n) is 5.31. The maximum atomic E-state index is 12.2. The lowest BCUT2D eigenvalue weighted by Crippen LogP contribution is -2.15. The first-order valence-electron chi connectivity index (χ1n) is 6.94. The van der Waals surface area contributed by atoms with Crippen LogP contribution >= 0.6 is 0 Å². The summed E-state index contributed by atoms with van der Waals surface area (Å²) in [7, 11) is 1.87. The minimum atomic E-state index is -0.708. The van der Waals surface area contributed by atoms with Crippen LogP contribution in [0.25, 0.3) is 0 Å². The van der Waals surface area contributed by atoms with Gasteiger partial charge in [0.1, 0.15) is 11.3 Å². The highest BCUT2D eigenvalue weighted by molar-refractivity contribution is 6.01. The van der Waals surface area contributed by atoms with E-state index in [-0.39, 0.29) is 23.7 Å². The van der Waals surface area contributed by atoms with Crippen molar-refractivity contribution in [1.82, 2.24) is 4.57 Å². The Morgan fingerprint density at radius 3 is 2.45 bits per heavy atom. The molecule has 0 aliphatic heterocycles. The zero-order valence-electron chi connectivity index (χ0n) is 13.1. The number of rotatable bonds is 4. The minimum Gasteiger partial charge on any atom is -0.507 e. The van der Waals surface area contributed by atoms with E-state index in [1.54, 1.807) is 25.1 Å². The molecule has 0 unspecified atom stereocenters. The lowest BCUT2D eigenvalue weighted by molar-refractivity contribution is 0.0471. The number of hydrogen-bond donors (Lipinski definition) is 1. The molecule has 0 atom stereocenters. The number of aromatic nitrogens is 1. The number of aromatic hydroxyl groups is 1. The first-order chi connectivity index (χ1) is 10.3. The van der Waals surface area contributed by atoms with Gasteiger partial charge in [-0.25, -0.2) is 4.79 Å². The monoisotopic (exact) mass is 301 g/mol. The third-order valence-electron chi connectivity index (χ3n) is 3.87. The van der Waals surface area contributed by atoms with E-state index in [1.807, 2.05) is 25.5 Å².